The molecule has 0 aromatic carbocycles. The van der Waals surface area contributed by atoms with E-state index < -0.39 is 0 Å². The summed E-state index contributed by atoms with van der Waals surface area (Å²) >= 11 is 0. The van der Waals surface area contributed by atoms with Crippen LogP contribution in [0.1, 0.15) is 50.1 Å². The number of piperidine rings is 1. The van der Waals surface area contributed by atoms with Crippen LogP contribution in [0.15, 0.2) is 34.5 Å². The molecule has 23 heavy (non-hydrogen) atoms. The second-order valence-corrected chi connectivity index (χ2v) is 7.06. The molecule has 1 aliphatic heterocycles. The third kappa shape index (κ3) is 3.86. The number of amides is 1. The van der Waals surface area contributed by atoms with Gasteiger partial charge in [-0.05, 0) is 56.6 Å². The Labute approximate surface area is 138 Å². The summed E-state index contributed by atoms with van der Waals surface area (Å²) in [6.07, 6.45) is 8.54. The summed E-state index contributed by atoms with van der Waals surface area (Å²) in [6.45, 7) is 7.33. The first-order valence-corrected chi connectivity index (χ1v) is 8.88. The molecule has 1 fully saturated rings. The molecule has 1 aromatic heterocycles. The molecule has 0 radical (unpaired) electrons. The molecule has 0 unspecified atom stereocenters. The number of allylic oxidation sites excluding steroid dienone is 1. The minimum atomic E-state index is 0.0214. The monoisotopic (exact) mass is 316 g/mol. The van der Waals surface area contributed by atoms with Gasteiger partial charge in [0.2, 0.25) is 0 Å². The summed E-state index contributed by atoms with van der Waals surface area (Å²) in [5, 5.41) is 3.74. The topological polar surface area (TPSA) is 45.5 Å². The average Bonchev–Trinajstić information content (AvgIpc) is 3.09. The van der Waals surface area contributed by atoms with Crippen molar-refractivity contribution in [2.24, 2.45) is 11.8 Å². The summed E-state index contributed by atoms with van der Waals surface area (Å²) in [7, 11) is 0. The number of rotatable bonds is 4. The molecule has 1 amide bonds. The summed E-state index contributed by atoms with van der Waals surface area (Å²) in [4.78, 5) is 14.2. The fourth-order valence-electron chi connectivity index (χ4n) is 3.87. The maximum absolute atomic E-state index is 12.3. The van der Waals surface area contributed by atoms with Crippen molar-refractivity contribution >= 4 is 5.91 Å². The SMILES string of the molecule is CC1=CCC[C@H](C)[C@H]1CNC1CCN(C(=O)c2ccco2)CC1. The van der Waals surface area contributed by atoms with Crippen molar-refractivity contribution in [1.82, 2.24) is 10.2 Å². The molecule has 1 aromatic rings. The second-order valence-electron chi connectivity index (χ2n) is 7.06. The van der Waals surface area contributed by atoms with E-state index in [2.05, 4.69) is 25.2 Å². The Kier molecular flexibility index (Phi) is 5.21. The lowest BCUT2D eigenvalue weighted by Gasteiger charge is -2.35. The van der Waals surface area contributed by atoms with Crippen molar-refractivity contribution < 1.29 is 9.21 Å². The van der Waals surface area contributed by atoms with E-state index in [1.165, 1.54) is 12.8 Å². The zero-order valence-corrected chi connectivity index (χ0v) is 14.3. The molecular formula is C19H28N2O2. The highest BCUT2D eigenvalue weighted by Gasteiger charge is 2.27. The third-order valence-electron chi connectivity index (χ3n) is 5.50. The van der Waals surface area contributed by atoms with Crippen LogP contribution in [0.5, 0.6) is 0 Å². The first-order chi connectivity index (χ1) is 11.1. The molecule has 3 rings (SSSR count). The molecule has 2 aliphatic rings. The number of nitrogens with one attached hydrogen (secondary N) is 1. The van der Waals surface area contributed by atoms with Gasteiger partial charge in [0.25, 0.3) is 5.91 Å². The minimum absolute atomic E-state index is 0.0214. The highest BCUT2D eigenvalue weighted by molar-refractivity contribution is 5.91. The van der Waals surface area contributed by atoms with Crippen molar-refractivity contribution in [2.75, 3.05) is 19.6 Å². The van der Waals surface area contributed by atoms with Crippen molar-refractivity contribution in [3.8, 4) is 0 Å². The predicted molar refractivity (Wildman–Crippen MR) is 91.3 cm³/mol. The molecule has 0 bridgehead atoms. The van der Waals surface area contributed by atoms with E-state index in [-0.39, 0.29) is 5.91 Å². The van der Waals surface area contributed by atoms with E-state index in [0.29, 0.717) is 17.7 Å². The van der Waals surface area contributed by atoms with E-state index in [9.17, 15) is 4.79 Å². The highest BCUT2D eigenvalue weighted by Crippen LogP contribution is 2.29. The lowest BCUT2D eigenvalue weighted by atomic mass is 9.80. The van der Waals surface area contributed by atoms with Crippen LogP contribution in [-0.4, -0.2) is 36.5 Å². The molecule has 1 aliphatic carbocycles. The molecule has 2 atom stereocenters. The quantitative estimate of drug-likeness (QED) is 0.865. The smallest absolute Gasteiger partial charge is 0.289 e. The van der Waals surface area contributed by atoms with Crippen molar-refractivity contribution in [2.45, 2.75) is 45.6 Å². The van der Waals surface area contributed by atoms with E-state index in [1.807, 2.05) is 4.90 Å². The van der Waals surface area contributed by atoms with Gasteiger partial charge in [0.05, 0.1) is 6.26 Å². The number of carbonyl (C=O) groups is 1. The van der Waals surface area contributed by atoms with Gasteiger partial charge in [-0.15, -0.1) is 0 Å². The molecule has 4 heteroatoms. The molecule has 1 N–H and O–H groups in total. The predicted octanol–water partition coefficient (Wildman–Crippen LogP) is 3.47. The summed E-state index contributed by atoms with van der Waals surface area (Å²) in [5.41, 5.74) is 1.54. The maximum Gasteiger partial charge on any atom is 0.289 e. The van der Waals surface area contributed by atoms with E-state index >= 15 is 0 Å². The van der Waals surface area contributed by atoms with Crippen LogP contribution in [-0.2, 0) is 0 Å². The van der Waals surface area contributed by atoms with E-state index in [1.54, 1.807) is 24.0 Å². The number of hydrogen-bond donors (Lipinski definition) is 1. The number of hydrogen-bond acceptors (Lipinski definition) is 3. The van der Waals surface area contributed by atoms with Crippen LogP contribution in [0.3, 0.4) is 0 Å². The van der Waals surface area contributed by atoms with Gasteiger partial charge in [-0.1, -0.05) is 18.6 Å². The summed E-state index contributed by atoms with van der Waals surface area (Å²) in [6, 6.07) is 4.03. The Hall–Kier alpha value is -1.55. The van der Waals surface area contributed by atoms with E-state index in [0.717, 1.165) is 38.4 Å². The summed E-state index contributed by atoms with van der Waals surface area (Å²) < 4.78 is 5.21. The molecular weight excluding hydrogens is 288 g/mol. The molecule has 126 valence electrons. The fourth-order valence-corrected chi connectivity index (χ4v) is 3.87. The van der Waals surface area contributed by atoms with Gasteiger partial charge in [0, 0.05) is 25.7 Å². The molecule has 0 saturated carbocycles. The van der Waals surface area contributed by atoms with Gasteiger partial charge in [-0.3, -0.25) is 4.79 Å². The van der Waals surface area contributed by atoms with Crippen LogP contribution >= 0.6 is 0 Å². The van der Waals surface area contributed by atoms with Gasteiger partial charge in [-0.25, -0.2) is 0 Å². The highest BCUT2D eigenvalue weighted by atomic mass is 16.3. The van der Waals surface area contributed by atoms with Crippen LogP contribution in [0.2, 0.25) is 0 Å². The van der Waals surface area contributed by atoms with Gasteiger partial charge in [-0.2, -0.15) is 0 Å². The van der Waals surface area contributed by atoms with Crippen molar-refractivity contribution in [3.05, 3.63) is 35.8 Å². The zero-order valence-electron chi connectivity index (χ0n) is 14.3. The Morgan fingerprint density at radius 2 is 2.13 bits per heavy atom. The molecule has 0 spiro atoms. The summed E-state index contributed by atoms with van der Waals surface area (Å²) in [5.74, 6) is 1.92. The van der Waals surface area contributed by atoms with Gasteiger partial charge < -0.3 is 14.6 Å². The van der Waals surface area contributed by atoms with Crippen LogP contribution in [0.25, 0.3) is 0 Å². The lowest BCUT2D eigenvalue weighted by Crippen LogP contribution is -2.46. The number of carbonyl (C=O) groups excluding carboxylic acids is 1. The van der Waals surface area contributed by atoms with Crippen molar-refractivity contribution in [3.63, 3.8) is 0 Å². The maximum atomic E-state index is 12.3. The Balaban J connectivity index is 1.45. The molecule has 1 saturated heterocycles. The standard InChI is InChI=1S/C19H28N2O2/c1-14-5-3-6-15(2)17(14)13-20-16-8-10-21(11-9-16)19(22)18-7-4-12-23-18/h4-5,7,12,15-17,20H,3,6,8-11,13H2,1-2H3/t15-,17-/m0/s1. The fraction of sp³-hybridized carbons (Fsp3) is 0.632. The minimum Gasteiger partial charge on any atom is -0.459 e. The van der Waals surface area contributed by atoms with Gasteiger partial charge in [0.15, 0.2) is 5.76 Å². The molecule has 4 nitrogen and oxygen atoms in total. The Bertz CT molecular complexity index is 542. The first-order valence-electron chi connectivity index (χ1n) is 8.88. The number of furan rings is 1. The van der Waals surface area contributed by atoms with Crippen molar-refractivity contribution in [1.29, 1.82) is 0 Å². The second kappa shape index (κ2) is 7.35. The van der Waals surface area contributed by atoms with Crippen LogP contribution in [0.4, 0.5) is 0 Å². The van der Waals surface area contributed by atoms with Gasteiger partial charge >= 0.3 is 0 Å². The normalized spacial score (nSPS) is 26.2. The lowest BCUT2D eigenvalue weighted by molar-refractivity contribution is 0.0671. The van der Waals surface area contributed by atoms with Gasteiger partial charge in [0.1, 0.15) is 0 Å². The molecule has 2 heterocycles. The number of nitrogens with zero attached hydrogens (tertiary/aromatic N) is 1. The third-order valence-corrected chi connectivity index (χ3v) is 5.50. The van der Waals surface area contributed by atoms with Crippen LogP contribution < -0.4 is 5.32 Å². The average molecular weight is 316 g/mol. The van der Waals surface area contributed by atoms with Crippen LogP contribution in [0, 0.1) is 11.8 Å². The Morgan fingerprint density at radius 3 is 2.78 bits per heavy atom. The zero-order chi connectivity index (χ0) is 16.2. The first kappa shape index (κ1) is 16.3. The van der Waals surface area contributed by atoms with E-state index in [4.69, 9.17) is 4.42 Å². The number of likely N-dealkylation sites (tertiary alicyclic amines) is 1. The largest absolute Gasteiger partial charge is 0.459 e. The Morgan fingerprint density at radius 1 is 1.35 bits per heavy atom.